The summed E-state index contributed by atoms with van der Waals surface area (Å²) in [7, 11) is 0. The number of hydrogen-bond acceptors (Lipinski definition) is 5. The fraction of sp³-hybridized carbons (Fsp3) is 0.688. The molecule has 0 spiro atoms. The van der Waals surface area contributed by atoms with Crippen molar-refractivity contribution in [2.24, 2.45) is 5.73 Å². The molecule has 23 heavy (non-hydrogen) atoms. The minimum absolute atomic E-state index is 0. The molecule has 2 amide bonds. The number of aromatic nitrogens is 1. The Kier molecular flexibility index (Phi) is 7.00. The monoisotopic (exact) mass is 344 g/mol. The fourth-order valence-electron chi connectivity index (χ4n) is 2.31. The van der Waals surface area contributed by atoms with Gasteiger partial charge in [0.05, 0.1) is 12.2 Å². The highest BCUT2D eigenvalue weighted by atomic mass is 32.1. The zero-order valence-corrected chi connectivity index (χ0v) is 15.5. The van der Waals surface area contributed by atoms with Crippen LogP contribution in [0.2, 0.25) is 0 Å². The van der Waals surface area contributed by atoms with Gasteiger partial charge in [-0.15, -0.1) is 11.3 Å². The summed E-state index contributed by atoms with van der Waals surface area (Å²) in [6, 6.07) is -0.458. The van der Waals surface area contributed by atoms with Crippen molar-refractivity contribution >= 4 is 28.3 Å². The molecule has 134 valence electrons. The first kappa shape index (κ1) is 19.4. The number of likely N-dealkylation sites (tertiary alicyclic amines) is 1. The van der Waals surface area contributed by atoms with Gasteiger partial charge in [-0.3, -0.25) is 9.59 Å². The lowest BCUT2D eigenvalue weighted by Gasteiger charge is -2.22. The second kappa shape index (κ2) is 8.29. The Morgan fingerprint density at radius 2 is 2.13 bits per heavy atom. The van der Waals surface area contributed by atoms with Crippen LogP contribution in [0.25, 0.3) is 0 Å². The summed E-state index contributed by atoms with van der Waals surface area (Å²) < 4.78 is 0. The number of anilines is 1. The summed E-state index contributed by atoms with van der Waals surface area (Å²) in [4.78, 5) is 29.5. The Morgan fingerprint density at radius 3 is 2.65 bits per heavy atom. The molecule has 0 bridgehead atoms. The molecule has 0 saturated carbocycles. The Morgan fingerprint density at radius 1 is 1.48 bits per heavy atom. The maximum absolute atomic E-state index is 12.2. The highest BCUT2D eigenvalue weighted by Gasteiger charge is 2.32. The molecule has 1 atom stereocenters. The highest BCUT2D eigenvalue weighted by Crippen LogP contribution is 2.26. The first-order valence-electron chi connectivity index (χ1n) is 8.07. The van der Waals surface area contributed by atoms with Gasteiger partial charge < -0.3 is 16.0 Å². The molecule has 1 fully saturated rings. The third-order valence-corrected chi connectivity index (χ3v) is 4.37. The largest absolute Gasteiger partial charge is 0.368 e. The molecule has 0 aromatic carbocycles. The van der Waals surface area contributed by atoms with Crippen LogP contribution in [-0.4, -0.2) is 40.8 Å². The van der Waals surface area contributed by atoms with E-state index in [9.17, 15) is 9.59 Å². The van der Waals surface area contributed by atoms with Gasteiger partial charge in [-0.05, 0) is 12.8 Å². The molecule has 2 heterocycles. The second-order valence-corrected chi connectivity index (χ2v) is 7.15. The summed E-state index contributed by atoms with van der Waals surface area (Å²) in [6.45, 7) is 11.0. The maximum atomic E-state index is 12.2. The van der Waals surface area contributed by atoms with Crippen LogP contribution in [0.3, 0.4) is 0 Å². The van der Waals surface area contributed by atoms with E-state index in [0.29, 0.717) is 13.0 Å². The number of rotatable bonds is 4. The summed E-state index contributed by atoms with van der Waals surface area (Å²) in [6.07, 6.45) is 1.48. The third-order valence-electron chi connectivity index (χ3n) is 3.57. The Bertz CT molecular complexity index is 546. The summed E-state index contributed by atoms with van der Waals surface area (Å²) in [5, 5.41) is 5.76. The predicted molar refractivity (Wildman–Crippen MR) is 98.8 cm³/mol. The minimum Gasteiger partial charge on any atom is -0.368 e. The number of carbonyl (C=O) groups is 2. The quantitative estimate of drug-likeness (QED) is 0.879. The number of carbonyl (C=O) groups excluding carboxylic acids is 2. The molecular formula is C16H32N4O2S. The predicted octanol–water partition coefficient (Wildman–Crippen LogP) is 2.85. The smallest absolute Gasteiger partial charge is 0.242 e. The summed E-state index contributed by atoms with van der Waals surface area (Å²) >= 11 is 1.48. The van der Waals surface area contributed by atoms with Crippen LogP contribution >= 0.6 is 11.3 Å². The number of nitrogens with two attached hydrogens (primary N) is 1. The van der Waals surface area contributed by atoms with E-state index in [1.165, 1.54) is 11.3 Å². The molecule has 0 aliphatic carbocycles. The van der Waals surface area contributed by atoms with Crippen molar-refractivity contribution in [1.82, 2.24) is 9.88 Å². The number of hydrogen-bond donors (Lipinski definition) is 2. The van der Waals surface area contributed by atoms with Crippen LogP contribution in [0.1, 0.15) is 56.0 Å². The molecule has 1 aliphatic heterocycles. The van der Waals surface area contributed by atoms with E-state index >= 15 is 0 Å². The lowest BCUT2D eigenvalue weighted by atomic mass is 9.93. The van der Waals surface area contributed by atoms with Gasteiger partial charge in [0.15, 0.2) is 5.13 Å². The molecule has 1 saturated heterocycles. The first-order valence-corrected chi connectivity index (χ1v) is 8.95. The van der Waals surface area contributed by atoms with Gasteiger partial charge >= 0.3 is 0 Å². The van der Waals surface area contributed by atoms with Crippen molar-refractivity contribution in [2.45, 2.75) is 58.9 Å². The molecule has 7 heteroatoms. The Balaban J connectivity index is 0. The van der Waals surface area contributed by atoms with Crippen molar-refractivity contribution in [3.63, 3.8) is 0 Å². The van der Waals surface area contributed by atoms with Crippen LogP contribution in [-0.2, 0) is 15.0 Å². The van der Waals surface area contributed by atoms with Crippen LogP contribution < -0.4 is 11.1 Å². The van der Waals surface area contributed by atoms with E-state index in [0.717, 1.165) is 17.2 Å². The van der Waals surface area contributed by atoms with E-state index in [2.05, 4.69) is 31.1 Å². The van der Waals surface area contributed by atoms with Gasteiger partial charge in [0.25, 0.3) is 0 Å². The van der Waals surface area contributed by atoms with Gasteiger partial charge in [-0.1, -0.05) is 34.6 Å². The third kappa shape index (κ3) is 5.20. The number of primary amides is 1. The normalized spacial score (nSPS) is 17.4. The van der Waals surface area contributed by atoms with Crippen LogP contribution in [0.4, 0.5) is 5.13 Å². The summed E-state index contributed by atoms with van der Waals surface area (Å²) in [5.41, 5.74) is 6.31. The number of nitrogens with one attached hydrogen (secondary N) is 1. The van der Waals surface area contributed by atoms with E-state index in [1.54, 1.807) is 4.90 Å². The molecular weight excluding hydrogens is 312 g/mol. The number of thiazole rings is 1. The molecule has 1 aromatic rings. The Hall–Kier alpha value is -1.63. The van der Waals surface area contributed by atoms with Gasteiger partial charge in [0, 0.05) is 20.2 Å². The zero-order chi connectivity index (χ0) is 17.6. The lowest BCUT2D eigenvalue weighted by Crippen LogP contribution is -2.45. The van der Waals surface area contributed by atoms with Crippen molar-refractivity contribution in [3.05, 3.63) is 11.1 Å². The van der Waals surface area contributed by atoms with Crippen LogP contribution in [0.5, 0.6) is 0 Å². The van der Waals surface area contributed by atoms with Crippen molar-refractivity contribution in [2.75, 3.05) is 18.4 Å². The van der Waals surface area contributed by atoms with Crippen molar-refractivity contribution < 1.29 is 12.4 Å². The topological polar surface area (TPSA) is 88.3 Å². The standard InChI is InChI=1S/C14H22N4O2S.C2H6.2H2/c1-14(2,3)10-8-21-13(17-10)16-7-11(19)18-6-4-5-9(18)12(15)20;1-2;;/h8-9H,4-7H2,1-3H3,(H2,15,20)(H,16,17);1-2H3;2*1H/t9-;;;/m0.../s1. The number of nitrogens with zero attached hydrogens (tertiary/aromatic N) is 2. The molecule has 6 nitrogen and oxygen atoms in total. The molecule has 2 rings (SSSR count). The number of amides is 2. The van der Waals surface area contributed by atoms with E-state index in [4.69, 9.17) is 5.73 Å². The zero-order valence-electron chi connectivity index (χ0n) is 14.7. The van der Waals surface area contributed by atoms with E-state index in [-0.39, 0.29) is 20.7 Å². The van der Waals surface area contributed by atoms with Gasteiger partial charge in [-0.25, -0.2) is 4.98 Å². The average molecular weight is 345 g/mol. The average Bonchev–Trinajstić information content (AvgIpc) is 3.15. The van der Waals surface area contributed by atoms with Crippen molar-refractivity contribution in [1.29, 1.82) is 0 Å². The van der Waals surface area contributed by atoms with E-state index < -0.39 is 11.9 Å². The highest BCUT2D eigenvalue weighted by molar-refractivity contribution is 7.13. The first-order chi connectivity index (χ1) is 10.8. The molecule has 1 aromatic heterocycles. The molecule has 0 radical (unpaired) electrons. The second-order valence-electron chi connectivity index (χ2n) is 6.29. The van der Waals surface area contributed by atoms with Crippen LogP contribution in [0, 0.1) is 0 Å². The van der Waals surface area contributed by atoms with Gasteiger partial charge in [0.1, 0.15) is 6.04 Å². The molecule has 1 aliphatic rings. The molecule has 3 N–H and O–H groups in total. The Labute approximate surface area is 145 Å². The van der Waals surface area contributed by atoms with Gasteiger partial charge in [-0.2, -0.15) is 0 Å². The minimum atomic E-state index is -0.458. The SMILES string of the molecule is CC.CC(C)(C)c1csc(NCC(=O)N2CCC[C@H]2C(N)=O)n1.[HH].[HH]. The van der Waals surface area contributed by atoms with Gasteiger partial charge in [0.2, 0.25) is 11.8 Å². The summed E-state index contributed by atoms with van der Waals surface area (Å²) in [5.74, 6) is -0.533. The molecule has 0 unspecified atom stereocenters. The van der Waals surface area contributed by atoms with E-state index in [1.807, 2.05) is 19.2 Å². The van der Waals surface area contributed by atoms with Crippen molar-refractivity contribution in [3.8, 4) is 0 Å². The van der Waals surface area contributed by atoms with Crippen LogP contribution in [0.15, 0.2) is 5.38 Å². The lowest BCUT2D eigenvalue weighted by molar-refractivity contribution is -0.135. The fourth-order valence-corrected chi connectivity index (χ4v) is 3.25. The maximum Gasteiger partial charge on any atom is 0.242 e.